The van der Waals surface area contributed by atoms with Crippen LogP contribution in [0.1, 0.15) is 44.3 Å². The Kier molecular flexibility index (Phi) is 3.65. The van der Waals surface area contributed by atoms with E-state index in [1.54, 1.807) is 0 Å². The first-order valence-corrected chi connectivity index (χ1v) is 7.32. The number of aliphatic hydroxyl groups excluding tert-OH is 1. The number of hydrogen-bond acceptors (Lipinski definition) is 3. The second-order valence-corrected chi connectivity index (χ2v) is 5.84. The van der Waals surface area contributed by atoms with Crippen LogP contribution in [0.4, 0.5) is 0 Å². The molecule has 1 N–H and O–H groups in total. The van der Waals surface area contributed by atoms with Gasteiger partial charge in [0.2, 0.25) is 0 Å². The van der Waals surface area contributed by atoms with Crippen LogP contribution < -0.4 is 9.47 Å². The smallest absolute Gasteiger partial charge is 0.167 e. The summed E-state index contributed by atoms with van der Waals surface area (Å²) in [6.07, 6.45) is 4.21. The summed E-state index contributed by atoms with van der Waals surface area (Å²) in [5.74, 6) is 2.67. The van der Waals surface area contributed by atoms with Crippen LogP contribution in [-0.2, 0) is 0 Å². The molecule has 1 atom stereocenters. The maximum absolute atomic E-state index is 10.7. The molecule has 0 bridgehead atoms. The van der Waals surface area contributed by atoms with E-state index < -0.39 is 6.10 Å². The normalized spacial score (nSPS) is 27.9. The van der Waals surface area contributed by atoms with E-state index in [1.807, 2.05) is 18.2 Å². The molecule has 1 aromatic rings. The van der Waals surface area contributed by atoms with Gasteiger partial charge in [0.15, 0.2) is 11.5 Å². The Hall–Kier alpha value is -1.22. The van der Waals surface area contributed by atoms with Crippen LogP contribution in [-0.4, -0.2) is 18.3 Å². The van der Waals surface area contributed by atoms with Crippen LogP contribution in [0.2, 0.25) is 0 Å². The monoisotopic (exact) mass is 262 g/mol. The Bertz CT molecular complexity index is 436. The van der Waals surface area contributed by atoms with E-state index in [2.05, 4.69) is 6.92 Å². The van der Waals surface area contributed by atoms with Crippen molar-refractivity contribution in [1.82, 2.24) is 0 Å². The zero-order valence-electron chi connectivity index (χ0n) is 11.5. The molecule has 0 radical (unpaired) electrons. The molecule has 0 aromatic heterocycles. The number of aliphatic hydroxyl groups is 1. The standard InChI is InChI=1S/C16H22O3/c1-11-5-7-12(8-6-11)15(17)13-3-2-4-14-16(13)19-10-9-18-14/h2-4,11-12,15,17H,5-10H2,1H3. The molecule has 1 saturated carbocycles. The van der Waals surface area contributed by atoms with Gasteiger partial charge in [0, 0.05) is 5.56 Å². The Morgan fingerprint density at radius 3 is 2.63 bits per heavy atom. The Morgan fingerprint density at radius 2 is 1.84 bits per heavy atom. The van der Waals surface area contributed by atoms with E-state index in [0.29, 0.717) is 19.1 Å². The molecule has 1 aliphatic heterocycles. The molecule has 1 fully saturated rings. The third-order valence-corrected chi connectivity index (χ3v) is 4.42. The van der Waals surface area contributed by atoms with Gasteiger partial charge >= 0.3 is 0 Å². The van der Waals surface area contributed by atoms with Crippen molar-refractivity contribution in [3.63, 3.8) is 0 Å². The highest BCUT2D eigenvalue weighted by molar-refractivity contribution is 5.48. The molecule has 1 aromatic carbocycles. The van der Waals surface area contributed by atoms with Crippen LogP contribution >= 0.6 is 0 Å². The summed E-state index contributed by atoms with van der Waals surface area (Å²) in [7, 11) is 0. The van der Waals surface area contributed by atoms with Gasteiger partial charge in [0.05, 0.1) is 6.10 Å². The molecule has 0 saturated heterocycles. The Morgan fingerprint density at radius 1 is 1.11 bits per heavy atom. The van der Waals surface area contributed by atoms with Gasteiger partial charge in [-0.3, -0.25) is 0 Å². The topological polar surface area (TPSA) is 38.7 Å². The predicted octanol–water partition coefficient (Wildman–Crippen LogP) is 3.32. The fourth-order valence-corrected chi connectivity index (χ4v) is 3.18. The van der Waals surface area contributed by atoms with Crippen LogP contribution in [0.5, 0.6) is 11.5 Å². The van der Waals surface area contributed by atoms with Crippen molar-refractivity contribution in [3.05, 3.63) is 23.8 Å². The molecule has 1 unspecified atom stereocenters. The van der Waals surface area contributed by atoms with E-state index in [0.717, 1.165) is 35.8 Å². The van der Waals surface area contributed by atoms with Crippen molar-refractivity contribution in [3.8, 4) is 11.5 Å². The lowest BCUT2D eigenvalue weighted by molar-refractivity contribution is 0.0695. The van der Waals surface area contributed by atoms with Crippen molar-refractivity contribution < 1.29 is 14.6 Å². The van der Waals surface area contributed by atoms with Gasteiger partial charge in [-0.05, 0) is 30.7 Å². The molecule has 2 aliphatic rings. The summed E-state index contributed by atoms with van der Waals surface area (Å²) in [6.45, 7) is 3.45. The van der Waals surface area contributed by atoms with Gasteiger partial charge in [-0.2, -0.15) is 0 Å². The second kappa shape index (κ2) is 5.41. The van der Waals surface area contributed by atoms with Gasteiger partial charge in [-0.25, -0.2) is 0 Å². The van der Waals surface area contributed by atoms with Gasteiger partial charge in [-0.1, -0.05) is 31.9 Å². The molecule has 0 amide bonds. The summed E-state index contributed by atoms with van der Waals surface area (Å²) in [6, 6.07) is 5.82. The predicted molar refractivity (Wildman–Crippen MR) is 73.5 cm³/mol. The van der Waals surface area contributed by atoms with Crippen molar-refractivity contribution in [2.24, 2.45) is 11.8 Å². The molecule has 0 spiro atoms. The SMILES string of the molecule is CC1CCC(C(O)c2cccc3c2OCCO3)CC1. The van der Waals surface area contributed by atoms with Crippen molar-refractivity contribution in [2.75, 3.05) is 13.2 Å². The van der Waals surface area contributed by atoms with Crippen molar-refractivity contribution in [2.45, 2.75) is 38.7 Å². The largest absolute Gasteiger partial charge is 0.486 e. The summed E-state index contributed by atoms with van der Waals surface area (Å²) >= 11 is 0. The minimum absolute atomic E-state index is 0.355. The first-order chi connectivity index (χ1) is 9.25. The molecule has 3 rings (SSSR count). The molecule has 19 heavy (non-hydrogen) atoms. The molecular weight excluding hydrogens is 240 g/mol. The highest BCUT2D eigenvalue weighted by atomic mass is 16.6. The molecule has 1 aliphatic carbocycles. The Labute approximate surface area is 114 Å². The van der Waals surface area contributed by atoms with Gasteiger partial charge in [-0.15, -0.1) is 0 Å². The summed E-state index contributed by atoms with van der Waals surface area (Å²) in [5, 5.41) is 10.7. The lowest BCUT2D eigenvalue weighted by Gasteiger charge is -2.31. The number of hydrogen-bond donors (Lipinski definition) is 1. The molecule has 1 heterocycles. The molecular formula is C16H22O3. The minimum atomic E-state index is -0.427. The third-order valence-electron chi connectivity index (χ3n) is 4.42. The highest BCUT2D eigenvalue weighted by Gasteiger charge is 2.29. The minimum Gasteiger partial charge on any atom is -0.486 e. The van der Waals surface area contributed by atoms with Crippen LogP contribution in [0, 0.1) is 11.8 Å². The average Bonchev–Trinajstić information content (AvgIpc) is 2.47. The Balaban J connectivity index is 1.81. The molecule has 104 valence electrons. The maximum Gasteiger partial charge on any atom is 0.167 e. The van der Waals surface area contributed by atoms with E-state index >= 15 is 0 Å². The summed E-state index contributed by atoms with van der Waals surface area (Å²) in [5.41, 5.74) is 0.900. The van der Waals surface area contributed by atoms with E-state index in [9.17, 15) is 5.11 Å². The number of rotatable bonds is 2. The van der Waals surface area contributed by atoms with Gasteiger partial charge in [0.1, 0.15) is 13.2 Å². The lowest BCUT2D eigenvalue weighted by atomic mass is 9.78. The van der Waals surface area contributed by atoms with Crippen molar-refractivity contribution >= 4 is 0 Å². The quantitative estimate of drug-likeness (QED) is 0.888. The third kappa shape index (κ3) is 2.57. The summed E-state index contributed by atoms with van der Waals surface area (Å²) < 4.78 is 11.3. The van der Waals surface area contributed by atoms with Crippen LogP contribution in [0.25, 0.3) is 0 Å². The average molecular weight is 262 g/mol. The highest BCUT2D eigenvalue weighted by Crippen LogP contribution is 2.43. The van der Waals surface area contributed by atoms with E-state index in [1.165, 1.54) is 12.8 Å². The number of ether oxygens (including phenoxy) is 2. The second-order valence-electron chi connectivity index (χ2n) is 5.84. The maximum atomic E-state index is 10.7. The van der Waals surface area contributed by atoms with Gasteiger partial charge in [0.25, 0.3) is 0 Å². The van der Waals surface area contributed by atoms with E-state index in [4.69, 9.17) is 9.47 Å². The number of benzene rings is 1. The number of fused-ring (bicyclic) bond motifs is 1. The van der Waals surface area contributed by atoms with Crippen molar-refractivity contribution in [1.29, 1.82) is 0 Å². The lowest BCUT2D eigenvalue weighted by Crippen LogP contribution is -2.22. The number of para-hydroxylation sites is 1. The van der Waals surface area contributed by atoms with Crippen LogP contribution in [0.15, 0.2) is 18.2 Å². The first kappa shape index (κ1) is 12.8. The molecule has 3 heteroatoms. The van der Waals surface area contributed by atoms with Crippen LogP contribution in [0.3, 0.4) is 0 Å². The van der Waals surface area contributed by atoms with E-state index in [-0.39, 0.29) is 0 Å². The fraction of sp³-hybridized carbons (Fsp3) is 0.625. The zero-order valence-corrected chi connectivity index (χ0v) is 11.5. The van der Waals surface area contributed by atoms with Gasteiger partial charge < -0.3 is 14.6 Å². The summed E-state index contributed by atoms with van der Waals surface area (Å²) in [4.78, 5) is 0. The fourth-order valence-electron chi connectivity index (χ4n) is 3.18. The zero-order chi connectivity index (χ0) is 13.2. The molecule has 3 nitrogen and oxygen atoms in total. The first-order valence-electron chi connectivity index (χ1n) is 7.32.